The van der Waals surface area contributed by atoms with E-state index in [4.69, 9.17) is 0 Å². The number of aryl methyl sites for hydroxylation is 3. The van der Waals surface area contributed by atoms with E-state index in [1.54, 1.807) is 17.9 Å². The molecule has 0 bridgehead atoms. The highest BCUT2D eigenvalue weighted by Gasteiger charge is 2.16. The molecule has 0 atom stereocenters. The zero-order valence-corrected chi connectivity index (χ0v) is 15.0. The van der Waals surface area contributed by atoms with Crippen molar-refractivity contribution in [2.24, 2.45) is 0 Å². The summed E-state index contributed by atoms with van der Waals surface area (Å²) in [5, 5.41) is 21.7. The summed E-state index contributed by atoms with van der Waals surface area (Å²) in [4.78, 5) is 26.5. The van der Waals surface area contributed by atoms with Gasteiger partial charge in [-0.25, -0.2) is 9.67 Å². The van der Waals surface area contributed by atoms with Crippen molar-refractivity contribution in [3.8, 4) is 0 Å². The van der Waals surface area contributed by atoms with Gasteiger partial charge < -0.3 is 0 Å². The van der Waals surface area contributed by atoms with Crippen LogP contribution in [0.1, 0.15) is 23.2 Å². The summed E-state index contributed by atoms with van der Waals surface area (Å²) in [5.41, 5.74) is 2.53. The molecule has 10 heteroatoms. The number of carbonyl (C=O) groups excluding carboxylic acids is 1. The molecule has 0 aliphatic rings. The molecule has 0 unspecified atom stereocenters. The molecule has 1 N–H and O–H groups in total. The fourth-order valence-electron chi connectivity index (χ4n) is 2.59. The second kappa shape index (κ2) is 7.77. The minimum atomic E-state index is -0.496. The first-order valence-electron chi connectivity index (χ1n) is 8.34. The van der Waals surface area contributed by atoms with Gasteiger partial charge in [-0.3, -0.25) is 24.9 Å². The Hall–Kier alpha value is -3.56. The van der Waals surface area contributed by atoms with E-state index in [0.29, 0.717) is 12.2 Å². The maximum atomic E-state index is 12.1. The summed E-state index contributed by atoms with van der Waals surface area (Å²) < 4.78 is 3.04. The third kappa shape index (κ3) is 4.54. The molecular weight excluding hydrogens is 350 g/mol. The minimum Gasteiger partial charge on any atom is -0.293 e. The van der Waals surface area contributed by atoms with E-state index in [1.807, 2.05) is 31.2 Å². The number of nitro groups is 1. The van der Waals surface area contributed by atoms with Crippen LogP contribution in [0.5, 0.6) is 0 Å². The number of amides is 1. The van der Waals surface area contributed by atoms with E-state index in [9.17, 15) is 14.9 Å². The molecule has 0 radical (unpaired) electrons. The van der Waals surface area contributed by atoms with Gasteiger partial charge in [-0.2, -0.15) is 5.10 Å². The van der Waals surface area contributed by atoms with Crippen LogP contribution in [0.4, 0.5) is 11.6 Å². The third-order valence-corrected chi connectivity index (χ3v) is 4.07. The molecule has 0 saturated heterocycles. The van der Waals surface area contributed by atoms with Gasteiger partial charge in [-0.1, -0.05) is 24.3 Å². The molecule has 0 aliphatic heterocycles. The van der Waals surface area contributed by atoms with Gasteiger partial charge in [0.1, 0.15) is 18.2 Å². The maximum absolute atomic E-state index is 12.1. The van der Waals surface area contributed by atoms with Crippen molar-refractivity contribution in [1.29, 1.82) is 0 Å². The molecule has 2 heterocycles. The van der Waals surface area contributed by atoms with Gasteiger partial charge >= 0.3 is 5.69 Å². The lowest BCUT2D eigenvalue weighted by Crippen LogP contribution is -2.16. The fourth-order valence-corrected chi connectivity index (χ4v) is 2.59. The number of hydrogen-bond acceptors (Lipinski definition) is 6. The molecule has 2 aromatic heterocycles. The van der Waals surface area contributed by atoms with E-state index in [0.717, 1.165) is 11.1 Å². The van der Waals surface area contributed by atoms with Gasteiger partial charge in [0.25, 0.3) is 0 Å². The first kappa shape index (κ1) is 18.2. The number of rotatable bonds is 7. The number of benzene rings is 1. The second-order valence-corrected chi connectivity index (χ2v) is 6.11. The number of nitrogens with zero attached hydrogens (tertiary/aromatic N) is 6. The average Bonchev–Trinajstić information content (AvgIpc) is 3.21. The largest absolute Gasteiger partial charge is 0.309 e. The van der Waals surface area contributed by atoms with Crippen molar-refractivity contribution in [3.63, 3.8) is 0 Å². The molecule has 0 aliphatic carbocycles. The van der Waals surface area contributed by atoms with Gasteiger partial charge in [0.05, 0.1) is 11.5 Å². The number of hydrogen-bond donors (Lipinski definition) is 1. The monoisotopic (exact) mass is 369 g/mol. The predicted molar refractivity (Wildman–Crippen MR) is 97.2 cm³/mol. The highest BCUT2D eigenvalue weighted by atomic mass is 16.6. The first-order chi connectivity index (χ1) is 12.9. The Morgan fingerprint density at radius 1 is 1.22 bits per heavy atom. The molecular formula is C17H19N7O3. The lowest BCUT2D eigenvalue weighted by atomic mass is 10.1. The topological polar surface area (TPSA) is 121 Å². The third-order valence-electron chi connectivity index (χ3n) is 4.07. The fraction of sp³-hybridized carbons (Fsp3) is 0.294. The smallest absolute Gasteiger partial charge is 0.293 e. The highest BCUT2D eigenvalue weighted by molar-refractivity contribution is 5.88. The Balaban J connectivity index is 1.54. The van der Waals surface area contributed by atoms with Crippen LogP contribution in [0.15, 0.2) is 36.8 Å². The number of anilines is 1. The summed E-state index contributed by atoms with van der Waals surface area (Å²) >= 11 is 0. The molecule has 0 saturated carbocycles. The Morgan fingerprint density at radius 3 is 2.70 bits per heavy atom. The van der Waals surface area contributed by atoms with E-state index >= 15 is 0 Å². The zero-order chi connectivity index (χ0) is 19.4. The lowest BCUT2D eigenvalue weighted by molar-refractivity contribution is -0.385. The first-order valence-corrected chi connectivity index (χ1v) is 8.34. The molecule has 27 heavy (non-hydrogen) atoms. The summed E-state index contributed by atoms with van der Waals surface area (Å²) in [6, 6.07) is 7.97. The van der Waals surface area contributed by atoms with Crippen LogP contribution in [0, 0.1) is 24.0 Å². The van der Waals surface area contributed by atoms with Crippen molar-refractivity contribution in [3.05, 3.63) is 63.7 Å². The SMILES string of the molecule is Cc1ccccc1Cn1cnc(NC(=O)CCn2cc([N+](=O)[O-])c(C)n2)n1. The van der Waals surface area contributed by atoms with Crippen LogP contribution in [-0.4, -0.2) is 35.4 Å². The van der Waals surface area contributed by atoms with Gasteiger partial charge in [-0.15, -0.1) is 5.10 Å². The summed E-state index contributed by atoms with van der Waals surface area (Å²) in [5.74, 6) is -0.0735. The minimum absolute atomic E-state index is 0.0629. The van der Waals surface area contributed by atoms with Gasteiger partial charge in [-0.05, 0) is 25.0 Å². The van der Waals surface area contributed by atoms with Gasteiger partial charge in [0, 0.05) is 13.0 Å². The molecule has 0 spiro atoms. The van der Waals surface area contributed by atoms with Crippen LogP contribution in [0.25, 0.3) is 0 Å². The summed E-state index contributed by atoms with van der Waals surface area (Å²) in [7, 11) is 0. The second-order valence-electron chi connectivity index (χ2n) is 6.11. The Kier molecular flexibility index (Phi) is 5.25. The van der Waals surface area contributed by atoms with Crippen molar-refractivity contribution in [2.45, 2.75) is 33.4 Å². The van der Waals surface area contributed by atoms with Crippen molar-refractivity contribution < 1.29 is 9.72 Å². The lowest BCUT2D eigenvalue weighted by Gasteiger charge is -2.04. The van der Waals surface area contributed by atoms with Crippen molar-refractivity contribution >= 4 is 17.5 Å². The Bertz CT molecular complexity index is 977. The standard InChI is InChI=1S/C17H19N7O3/c1-12-5-3-4-6-14(12)9-23-11-18-17(21-23)19-16(25)7-8-22-10-15(24(26)27)13(2)20-22/h3-6,10-11H,7-9H2,1-2H3,(H,19,21,25). The summed E-state index contributed by atoms with van der Waals surface area (Å²) in [6.07, 6.45) is 2.98. The average molecular weight is 369 g/mol. The number of carbonyl (C=O) groups is 1. The van der Waals surface area contributed by atoms with Gasteiger partial charge in [0.15, 0.2) is 0 Å². The van der Waals surface area contributed by atoms with Crippen LogP contribution in [0.3, 0.4) is 0 Å². The predicted octanol–water partition coefficient (Wildman–Crippen LogP) is 2.08. The van der Waals surface area contributed by atoms with Crippen LogP contribution in [-0.2, 0) is 17.9 Å². The summed E-state index contributed by atoms with van der Waals surface area (Å²) in [6.45, 7) is 4.37. The van der Waals surface area contributed by atoms with Crippen LogP contribution >= 0.6 is 0 Å². The molecule has 10 nitrogen and oxygen atoms in total. The zero-order valence-electron chi connectivity index (χ0n) is 15.0. The number of aromatic nitrogens is 5. The quantitative estimate of drug-likeness (QED) is 0.503. The molecule has 1 amide bonds. The maximum Gasteiger partial charge on any atom is 0.309 e. The Morgan fingerprint density at radius 2 is 2.00 bits per heavy atom. The van der Waals surface area contributed by atoms with Crippen molar-refractivity contribution in [2.75, 3.05) is 5.32 Å². The highest BCUT2D eigenvalue weighted by Crippen LogP contribution is 2.15. The van der Waals surface area contributed by atoms with Crippen LogP contribution < -0.4 is 5.32 Å². The van der Waals surface area contributed by atoms with E-state index in [2.05, 4.69) is 20.5 Å². The molecule has 3 rings (SSSR count). The molecule has 3 aromatic rings. The number of nitrogens with one attached hydrogen (secondary N) is 1. The van der Waals surface area contributed by atoms with Crippen LogP contribution in [0.2, 0.25) is 0 Å². The van der Waals surface area contributed by atoms with E-state index in [-0.39, 0.29) is 30.5 Å². The van der Waals surface area contributed by atoms with E-state index in [1.165, 1.54) is 10.9 Å². The van der Waals surface area contributed by atoms with Gasteiger partial charge in [0.2, 0.25) is 11.9 Å². The van der Waals surface area contributed by atoms with E-state index < -0.39 is 4.92 Å². The molecule has 0 fully saturated rings. The van der Waals surface area contributed by atoms with Crippen molar-refractivity contribution in [1.82, 2.24) is 24.5 Å². The molecule has 1 aromatic carbocycles. The Labute approximate surface area is 155 Å². The normalized spacial score (nSPS) is 10.7. The molecule has 140 valence electrons.